The van der Waals surface area contributed by atoms with Crippen molar-refractivity contribution < 1.29 is 19.1 Å². The lowest BCUT2D eigenvalue weighted by atomic mass is 9.96. The first-order valence-electron chi connectivity index (χ1n) is 6.39. The highest BCUT2D eigenvalue weighted by atomic mass is 19.1. The highest BCUT2D eigenvalue weighted by Crippen LogP contribution is 2.25. The Hall–Kier alpha value is -2.18. The number of carbonyl (C=O) groups is 2. The third-order valence-corrected chi connectivity index (χ3v) is 3.51. The van der Waals surface area contributed by atoms with E-state index in [4.69, 9.17) is 5.11 Å². The molecular formula is C13H16FN3O3. The molecule has 0 bridgehead atoms. The first-order chi connectivity index (χ1) is 9.54. The summed E-state index contributed by atoms with van der Waals surface area (Å²) < 4.78 is 14.1. The topological polar surface area (TPSA) is 82.5 Å². The number of amides is 1. The van der Waals surface area contributed by atoms with Gasteiger partial charge in [0.05, 0.1) is 0 Å². The molecule has 0 atom stereocenters. The van der Waals surface area contributed by atoms with E-state index in [-0.39, 0.29) is 23.2 Å². The van der Waals surface area contributed by atoms with Crippen molar-refractivity contribution in [3.63, 3.8) is 0 Å². The number of carboxylic acid groups (broad SMARTS) is 1. The van der Waals surface area contributed by atoms with Crippen LogP contribution in [0.3, 0.4) is 0 Å². The fourth-order valence-corrected chi connectivity index (χ4v) is 2.38. The SMILES string of the molecule is CNC(=O)C1CCN(c2nccc(C(=O)O)c2F)CC1. The quantitative estimate of drug-likeness (QED) is 0.859. The number of aromatic carboxylic acids is 1. The van der Waals surface area contributed by atoms with Crippen LogP contribution in [-0.2, 0) is 4.79 Å². The standard InChI is InChI=1S/C13H16FN3O3/c1-15-12(18)8-3-6-17(7-4-8)11-10(14)9(13(19)20)2-5-16-11/h2,5,8H,3-4,6-7H2,1H3,(H,15,18)(H,19,20). The number of anilines is 1. The zero-order chi connectivity index (χ0) is 14.7. The predicted octanol–water partition coefficient (Wildman–Crippen LogP) is 0.881. The molecule has 1 amide bonds. The maximum absolute atomic E-state index is 14.1. The van der Waals surface area contributed by atoms with Crippen LogP contribution < -0.4 is 10.2 Å². The third-order valence-electron chi connectivity index (χ3n) is 3.51. The highest BCUT2D eigenvalue weighted by molar-refractivity contribution is 5.88. The van der Waals surface area contributed by atoms with Crippen LogP contribution in [0.1, 0.15) is 23.2 Å². The lowest BCUT2D eigenvalue weighted by Crippen LogP contribution is -2.40. The summed E-state index contributed by atoms with van der Waals surface area (Å²) in [6.45, 7) is 0.955. The van der Waals surface area contributed by atoms with Crippen LogP contribution in [0.5, 0.6) is 0 Å². The fraction of sp³-hybridized carbons (Fsp3) is 0.462. The molecule has 1 aliphatic rings. The molecule has 6 nitrogen and oxygen atoms in total. The lowest BCUT2D eigenvalue weighted by Gasteiger charge is -2.32. The molecule has 0 aliphatic carbocycles. The number of pyridine rings is 1. The zero-order valence-electron chi connectivity index (χ0n) is 11.1. The minimum absolute atomic E-state index is 0.0163. The molecule has 7 heteroatoms. The van der Waals surface area contributed by atoms with Crippen molar-refractivity contribution in [2.45, 2.75) is 12.8 Å². The smallest absolute Gasteiger partial charge is 0.338 e. The predicted molar refractivity (Wildman–Crippen MR) is 70.2 cm³/mol. The summed E-state index contributed by atoms with van der Waals surface area (Å²) in [6.07, 6.45) is 2.48. The lowest BCUT2D eigenvalue weighted by molar-refractivity contribution is -0.125. The minimum Gasteiger partial charge on any atom is -0.478 e. The Morgan fingerprint density at radius 3 is 2.65 bits per heavy atom. The summed E-state index contributed by atoms with van der Waals surface area (Å²) in [5.74, 6) is -2.19. The number of nitrogens with one attached hydrogen (secondary N) is 1. The van der Waals surface area contributed by atoms with Crippen LogP contribution in [0.25, 0.3) is 0 Å². The molecule has 0 spiro atoms. The summed E-state index contributed by atoms with van der Waals surface area (Å²) in [4.78, 5) is 28.0. The highest BCUT2D eigenvalue weighted by Gasteiger charge is 2.27. The van der Waals surface area contributed by atoms with Gasteiger partial charge in [-0.3, -0.25) is 4.79 Å². The molecule has 0 unspecified atom stereocenters. The normalized spacial score (nSPS) is 16.0. The molecule has 0 saturated carbocycles. The van der Waals surface area contributed by atoms with Crippen molar-refractivity contribution in [1.29, 1.82) is 0 Å². The zero-order valence-corrected chi connectivity index (χ0v) is 11.1. The van der Waals surface area contributed by atoms with Crippen molar-refractivity contribution >= 4 is 17.7 Å². The van der Waals surface area contributed by atoms with Crippen molar-refractivity contribution in [3.8, 4) is 0 Å². The Balaban J connectivity index is 2.13. The number of hydrogen-bond donors (Lipinski definition) is 2. The average Bonchev–Trinajstić information content (AvgIpc) is 2.46. The van der Waals surface area contributed by atoms with E-state index in [2.05, 4.69) is 10.3 Å². The Morgan fingerprint density at radius 1 is 1.45 bits per heavy atom. The van der Waals surface area contributed by atoms with Gasteiger partial charge in [-0.2, -0.15) is 0 Å². The first kappa shape index (κ1) is 14.2. The second-order valence-electron chi connectivity index (χ2n) is 4.68. The van der Waals surface area contributed by atoms with Crippen molar-refractivity contribution in [3.05, 3.63) is 23.6 Å². The first-order valence-corrected chi connectivity index (χ1v) is 6.39. The summed E-state index contributed by atoms with van der Waals surface area (Å²) in [7, 11) is 1.59. The van der Waals surface area contributed by atoms with Gasteiger partial charge < -0.3 is 15.3 Å². The van der Waals surface area contributed by atoms with Gasteiger partial charge in [-0.25, -0.2) is 14.2 Å². The van der Waals surface area contributed by atoms with Gasteiger partial charge >= 0.3 is 5.97 Å². The number of piperidine rings is 1. The van der Waals surface area contributed by atoms with Gasteiger partial charge in [-0.15, -0.1) is 0 Å². The number of nitrogens with zero attached hydrogens (tertiary/aromatic N) is 2. The number of carboxylic acids is 1. The molecule has 1 aliphatic heterocycles. The second-order valence-corrected chi connectivity index (χ2v) is 4.68. The van der Waals surface area contributed by atoms with Gasteiger partial charge in [0.1, 0.15) is 5.56 Å². The number of halogens is 1. The molecule has 20 heavy (non-hydrogen) atoms. The van der Waals surface area contributed by atoms with E-state index in [1.165, 1.54) is 6.20 Å². The molecule has 2 rings (SSSR count). The number of carbonyl (C=O) groups excluding carboxylic acids is 1. The maximum atomic E-state index is 14.1. The number of aromatic nitrogens is 1. The number of hydrogen-bond acceptors (Lipinski definition) is 4. The van der Waals surface area contributed by atoms with Gasteiger partial charge in [0.2, 0.25) is 5.91 Å². The Bertz CT molecular complexity index is 528. The minimum atomic E-state index is -1.31. The van der Waals surface area contributed by atoms with Gasteiger partial charge in [-0.1, -0.05) is 0 Å². The van der Waals surface area contributed by atoms with Crippen LogP contribution in [0.15, 0.2) is 12.3 Å². The van der Waals surface area contributed by atoms with E-state index in [9.17, 15) is 14.0 Å². The summed E-state index contributed by atoms with van der Waals surface area (Å²) in [5.41, 5.74) is -0.386. The molecule has 0 radical (unpaired) electrons. The van der Waals surface area contributed by atoms with Crippen LogP contribution in [0, 0.1) is 11.7 Å². The molecule has 108 valence electrons. The fourth-order valence-electron chi connectivity index (χ4n) is 2.38. The van der Waals surface area contributed by atoms with Gasteiger partial charge in [0.25, 0.3) is 0 Å². The monoisotopic (exact) mass is 281 g/mol. The van der Waals surface area contributed by atoms with Crippen LogP contribution in [0.4, 0.5) is 10.2 Å². The molecule has 2 N–H and O–H groups in total. The van der Waals surface area contributed by atoms with E-state index in [0.29, 0.717) is 25.9 Å². The van der Waals surface area contributed by atoms with Gasteiger partial charge in [-0.05, 0) is 18.9 Å². The van der Waals surface area contributed by atoms with E-state index < -0.39 is 11.8 Å². The van der Waals surface area contributed by atoms with Gasteiger partial charge in [0, 0.05) is 32.3 Å². The summed E-state index contributed by atoms with van der Waals surface area (Å²) in [5, 5.41) is 11.5. The largest absolute Gasteiger partial charge is 0.478 e. The Morgan fingerprint density at radius 2 is 2.10 bits per heavy atom. The molecule has 0 aromatic carbocycles. The number of rotatable bonds is 3. The molecule has 2 heterocycles. The summed E-state index contributed by atoms with van der Waals surface area (Å²) >= 11 is 0. The van der Waals surface area contributed by atoms with Crippen LogP contribution in [-0.4, -0.2) is 42.1 Å². The maximum Gasteiger partial charge on any atom is 0.338 e. The second kappa shape index (κ2) is 5.85. The van der Waals surface area contributed by atoms with Gasteiger partial charge in [0.15, 0.2) is 11.6 Å². The van der Waals surface area contributed by atoms with Crippen molar-refractivity contribution in [2.24, 2.45) is 5.92 Å². The van der Waals surface area contributed by atoms with Crippen LogP contribution in [0.2, 0.25) is 0 Å². The van der Waals surface area contributed by atoms with Crippen molar-refractivity contribution in [2.75, 3.05) is 25.0 Å². The van der Waals surface area contributed by atoms with Crippen LogP contribution >= 0.6 is 0 Å². The molecule has 1 fully saturated rings. The van der Waals surface area contributed by atoms with E-state index in [1.807, 2.05) is 0 Å². The third kappa shape index (κ3) is 2.71. The van der Waals surface area contributed by atoms with E-state index in [1.54, 1.807) is 11.9 Å². The molecule has 1 aromatic heterocycles. The van der Waals surface area contributed by atoms with E-state index in [0.717, 1.165) is 6.07 Å². The Kier molecular flexibility index (Phi) is 4.16. The van der Waals surface area contributed by atoms with Crippen molar-refractivity contribution in [1.82, 2.24) is 10.3 Å². The molecule has 1 aromatic rings. The Labute approximate surface area is 115 Å². The molecule has 1 saturated heterocycles. The van der Waals surface area contributed by atoms with E-state index >= 15 is 0 Å². The summed E-state index contributed by atoms with van der Waals surface area (Å²) in [6, 6.07) is 1.14. The average molecular weight is 281 g/mol. The molecular weight excluding hydrogens is 265 g/mol.